The summed E-state index contributed by atoms with van der Waals surface area (Å²) >= 11 is 0. The molecule has 0 bridgehead atoms. The van der Waals surface area contributed by atoms with E-state index in [1.54, 1.807) is 19.2 Å². The maximum absolute atomic E-state index is 12.8. The zero-order valence-corrected chi connectivity index (χ0v) is 17.0. The average molecular weight is 412 g/mol. The molecule has 1 aliphatic heterocycles. The Morgan fingerprint density at radius 3 is 2.53 bits per heavy atom. The molecule has 1 aromatic carbocycles. The van der Waals surface area contributed by atoms with Gasteiger partial charge in [0, 0.05) is 25.3 Å². The Labute approximate surface area is 175 Å². The van der Waals surface area contributed by atoms with Crippen molar-refractivity contribution in [1.82, 2.24) is 21.5 Å². The van der Waals surface area contributed by atoms with Crippen LogP contribution in [-0.2, 0) is 9.53 Å². The van der Waals surface area contributed by atoms with Gasteiger partial charge in [-0.25, -0.2) is 5.43 Å². The first kappa shape index (κ1) is 20.6. The van der Waals surface area contributed by atoms with Crippen LogP contribution in [0.15, 0.2) is 46.9 Å². The fourth-order valence-electron chi connectivity index (χ4n) is 4.07. The van der Waals surface area contributed by atoms with Gasteiger partial charge in [-0.1, -0.05) is 30.3 Å². The molecule has 8 nitrogen and oxygen atoms in total. The highest BCUT2D eigenvalue weighted by Gasteiger charge is 2.36. The van der Waals surface area contributed by atoms with Crippen molar-refractivity contribution in [2.45, 2.75) is 49.9 Å². The molecule has 4 rings (SSSR count). The fourth-order valence-corrected chi connectivity index (χ4v) is 4.07. The Morgan fingerprint density at radius 1 is 1.03 bits per heavy atom. The summed E-state index contributed by atoms with van der Waals surface area (Å²) in [6.07, 6.45) is 3.97. The molecule has 2 heterocycles. The van der Waals surface area contributed by atoms with Gasteiger partial charge in [-0.2, -0.15) is 0 Å². The fraction of sp³-hybridized carbons (Fsp3) is 0.455. The van der Waals surface area contributed by atoms with Crippen molar-refractivity contribution in [1.29, 1.82) is 0 Å². The number of amides is 2. The van der Waals surface area contributed by atoms with Crippen LogP contribution >= 0.6 is 0 Å². The highest BCUT2D eigenvalue weighted by molar-refractivity contribution is 5.93. The molecule has 1 saturated heterocycles. The second-order valence-corrected chi connectivity index (χ2v) is 7.83. The van der Waals surface area contributed by atoms with Crippen LogP contribution in [0, 0.1) is 0 Å². The van der Waals surface area contributed by atoms with Crippen LogP contribution in [0.2, 0.25) is 0 Å². The molecular weight excluding hydrogens is 384 g/mol. The van der Waals surface area contributed by atoms with Gasteiger partial charge in [0.15, 0.2) is 5.76 Å². The van der Waals surface area contributed by atoms with Crippen LogP contribution in [-0.4, -0.2) is 49.7 Å². The van der Waals surface area contributed by atoms with Crippen molar-refractivity contribution >= 4 is 11.8 Å². The molecule has 2 fully saturated rings. The van der Waals surface area contributed by atoms with Gasteiger partial charge < -0.3 is 19.8 Å². The van der Waals surface area contributed by atoms with Gasteiger partial charge in [0.05, 0.1) is 12.1 Å². The number of hydrogen-bond acceptors (Lipinski definition) is 6. The highest BCUT2D eigenvalue weighted by Crippen LogP contribution is 2.22. The van der Waals surface area contributed by atoms with E-state index in [-0.39, 0.29) is 35.8 Å². The summed E-state index contributed by atoms with van der Waals surface area (Å²) in [6.45, 7) is 0.451. The Bertz CT molecular complexity index is 861. The normalized spacial score (nSPS) is 26.3. The maximum atomic E-state index is 12.8. The number of carbonyl (C=O) groups is 2. The van der Waals surface area contributed by atoms with Crippen molar-refractivity contribution in [2.24, 2.45) is 0 Å². The quantitative estimate of drug-likeness (QED) is 0.575. The molecule has 1 aromatic heterocycles. The number of ether oxygens (including phenoxy) is 1. The lowest BCUT2D eigenvalue weighted by atomic mass is 9.92. The minimum absolute atomic E-state index is 0.115. The number of hydrazine groups is 1. The smallest absolute Gasteiger partial charge is 0.287 e. The van der Waals surface area contributed by atoms with E-state index in [1.165, 1.54) is 0 Å². The summed E-state index contributed by atoms with van der Waals surface area (Å²) in [6, 6.07) is 12.2. The predicted molar refractivity (Wildman–Crippen MR) is 112 cm³/mol. The van der Waals surface area contributed by atoms with Gasteiger partial charge in [0.2, 0.25) is 5.91 Å². The van der Waals surface area contributed by atoms with Crippen molar-refractivity contribution in [2.75, 3.05) is 13.7 Å². The van der Waals surface area contributed by atoms with E-state index in [0.717, 1.165) is 31.2 Å². The minimum Gasteiger partial charge on any atom is -0.451 e. The third-order valence-electron chi connectivity index (χ3n) is 5.82. The summed E-state index contributed by atoms with van der Waals surface area (Å²) in [4.78, 5) is 25.4. The number of nitrogens with one attached hydrogen (secondary N) is 4. The largest absolute Gasteiger partial charge is 0.451 e. The molecule has 4 N–H and O–H groups in total. The lowest BCUT2D eigenvalue weighted by Gasteiger charge is -2.29. The summed E-state index contributed by atoms with van der Waals surface area (Å²) in [7, 11) is 1.73. The van der Waals surface area contributed by atoms with E-state index < -0.39 is 6.04 Å². The molecule has 0 radical (unpaired) electrons. The molecule has 2 unspecified atom stereocenters. The standard InChI is InChI=1S/C22H28N4O4/c1-29-16-9-7-15(8-10-16)24-22(28)20-17(13-23-26-20)25-21(27)19-12-11-18(30-19)14-5-3-2-4-6-14/h2-6,11-12,15-17,20,23,26H,7-10,13H2,1H3,(H,24,28)(H,25,27). The minimum atomic E-state index is -0.544. The number of rotatable bonds is 6. The van der Waals surface area contributed by atoms with Crippen molar-refractivity contribution in [3.05, 3.63) is 48.2 Å². The summed E-state index contributed by atoms with van der Waals surface area (Å²) in [5, 5.41) is 6.01. The van der Waals surface area contributed by atoms with Gasteiger partial charge in [-0.3, -0.25) is 15.0 Å². The monoisotopic (exact) mass is 412 g/mol. The topological polar surface area (TPSA) is 105 Å². The molecule has 0 spiro atoms. The molecule has 2 aromatic rings. The van der Waals surface area contributed by atoms with Crippen LogP contribution in [0.3, 0.4) is 0 Å². The Balaban J connectivity index is 1.33. The molecular formula is C22H28N4O4. The Hall–Kier alpha value is -2.68. The first-order valence-corrected chi connectivity index (χ1v) is 10.4. The zero-order chi connectivity index (χ0) is 20.9. The van der Waals surface area contributed by atoms with E-state index in [2.05, 4.69) is 21.5 Å². The number of furan rings is 1. The molecule has 2 atom stereocenters. The third kappa shape index (κ3) is 4.72. The van der Waals surface area contributed by atoms with Gasteiger partial charge >= 0.3 is 0 Å². The molecule has 2 aliphatic rings. The second kappa shape index (κ2) is 9.42. The molecule has 30 heavy (non-hydrogen) atoms. The van der Waals surface area contributed by atoms with Gasteiger partial charge in [-0.15, -0.1) is 0 Å². The van der Waals surface area contributed by atoms with E-state index in [0.29, 0.717) is 12.3 Å². The van der Waals surface area contributed by atoms with E-state index in [9.17, 15) is 9.59 Å². The molecule has 1 aliphatic carbocycles. The first-order valence-electron chi connectivity index (χ1n) is 10.4. The molecule has 1 saturated carbocycles. The van der Waals surface area contributed by atoms with E-state index in [1.807, 2.05) is 30.3 Å². The van der Waals surface area contributed by atoms with Gasteiger partial charge in [-0.05, 0) is 37.8 Å². The number of carbonyl (C=O) groups excluding carboxylic acids is 2. The molecule has 8 heteroatoms. The predicted octanol–water partition coefficient (Wildman–Crippen LogP) is 1.60. The zero-order valence-electron chi connectivity index (χ0n) is 17.0. The maximum Gasteiger partial charge on any atom is 0.287 e. The second-order valence-electron chi connectivity index (χ2n) is 7.83. The van der Waals surface area contributed by atoms with Crippen LogP contribution in [0.1, 0.15) is 36.2 Å². The van der Waals surface area contributed by atoms with E-state index >= 15 is 0 Å². The van der Waals surface area contributed by atoms with E-state index in [4.69, 9.17) is 9.15 Å². The highest BCUT2D eigenvalue weighted by atomic mass is 16.5. The van der Waals surface area contributed by atoms with Crippen molar-refractivity contribution in [3.8, 4) is 11.3 Å². The lowest BCUT2D eigenvalue weighted by Crippen LogP contribution is -2.55. The van der Waals surface area contributed by atoms with Gasteiger partial charge in [0.1, 0.15) is 11.8 Å². The lowest BCUT2D eigenvalue weighted by molar-refractivity contribution is -0.124. The SMILES string of the molecule is COC1CCC(NC(=O)C2NNCC2NC(=O)c2ccc(-c3ccccc3)o2)CC1. The third-order valence-corrected chi connectivity index (χ3v) is 5.82. The molecule has 2 amide bonds. The van der Waals surface area contributed by atoms with Crippen molar-refractivity contribution < 1.29 is 18.7 Å². The van der Waals surface area contributed by atoms with Crippen LogP contribution in [0.25, 0.3) is 11.3 Å². The number of methoxy groups -OCH3 is 1. The summed E-state index contributed by atoms with van der Waals surface area (Å²) in [5.74, 6) is 0.392. The Kier molecular flexibility index (Phi) is 6.47. The average Bonchev–Trinajstić information content (AvgIpc) is 3.45. The summed E-state index contributed by atoms with van der Waals surface area (Å²) < 4.78 is 11.1. The molecule has 160 valence electrons. The first-order chi connectivity index (χ1) is 14.6. The number of benzene rings is 1. The van der Waals surface area contributed by atoms with Crippen molar-refractivity contribution in [3.63, 3.8) is 0 Å². The Morgan fingerprint density at radius 2 is 1.80 bits per heavy atom. The summed E-state index contributed by atoms with van der Waals surface area (Å²) in [5.41, 5.74) is 6.84. The number of hydrogen-bond donors (Lipinski definition) is 4. The van der Waals surface area contributed by atoms with Crippen LogP contribution < -0.4 is 21.5 Å². The van der Waals surface area contributed by atoms with Gasteiger partial charge in [0.25, 0.3) is 5.91 Å². The van der Waals surface area contributed by atoms with Crippen LogP contribution in [0.5, 0.6) is 0 Å². The van der Waals surface area contributed by atoms with Crippen LogP contribution in [0.4, 0.5) is 0 Å².